The highest BCUT2D eigenvalue weighted by Crippen LogP contribution is 2.27. The van der Waals surface area contributed by atoms with Crippen molar-refractivity contribution in [2.24, 2.45) is 0 Å². The second-order valence-electron chi connectivity index (χ2n) is 4.87. The van der Waals surface area contributed by atoms with Crippen molar-refractivity contribution in [3.8, 4) is 0 Å². The molecule has 0 saturated carbocycles. The first-order valence-electron chi connectivity index (χ1n) is 6.69. The van der Waals surface area contributed by atoms with Crippen LogP contribution in [0.3, 0.4) is 0 Å². The number of rotatable bonds is 5. The lowest BCUT2D eigenvalue weighted by Crippen LogP contribution is -2.41. The highest BCUT2D eigenvalue weighted by molar-refractivity contribution is 5.72. The molecule has 0 radical (unpaired) electrons. The summed E-state index contributed by atoms with van der Waals surface area (Å²) >= 11 is 0. The van der Waals surface area contributed by atoms with Crippen LogP contribution < -0.4 is 20.9 Å². The van der Waals surface area contributed by atoms with Gasteiger partial charge in [-0.3, -0.25) is 5.43 Å². The number of hydrogen-bond acceptors (Lipinski definition) is 4. The van der Waals surface area contributed by atoms with Gasteiger partial charge in [-0.15, -0.1) is 0 Å². The molecule has 0 atom stereocenters. The van der Waals surface area contributed by atoms with Crippen LogP contribution >= 0.6 is 0 Å². The van der Waals surface area contributed by atoms with E-state index in [-0.39, 0.29) is 0 Å². The molecule has 0 aliphatic rings. The van der Waals surface area contributed by atoms with Crippen LogP contribution in [-0.2, 0) is 0 Å². The van der Waals surface area contributed by atoms with Gasteiger partial charge in [0.25, 0.3) is 0 Å². The molecule has 0 saturated heterocycles. The van der Waals surface area contributed by atoms with Crippen molar-refractivity contribution in [1.29, 1.82) is 0 Å². The number of anilines is 3. The standard InChI is InChI=1S/C16H22N4/c1-13-9-5-6-10-14(13)18-20(17-2)16-12-8-7-11-15(16)19(3)4/h5-12,17-18H,1-4H3. The molecule has 0 aliphatic carbocycles. The van der Waals surface area contributed by atoms with Crippen molar-refractivity contribution in [3.63, 3.8) is 0 Å². The van der Waals surface area contributed by atoms with Gasteiger partial charge in [0.15, 0.2) is 0 Å². The highest BCUT2D eigenvalue weighted by atomic mass is 15.7. The van der Waals surface area contributed by atoms with Crippen molar-refractivity contribution in [2.75, 3.05) is 36.6 Å². The SMILES string of the molecule is CNN(Nc1ccccc1C)c1ccccc1N(C)C. The van der Waals surface area contributed by atoms with E-state index in [2.05, 4.69) is 46.9 Å². The van der Waals surface area contributed by atoms with Gasteiger partial charge >= 0.3 is 0 Å². The summed E-state index contributed by atoms with van der Waals surface area (Å²) in [6.45, 7) is 2.09. The molecular weight excluding hydrogens is 248 g/mol. The lowest BCUT2D eigenvalue weighted by Gasteiger charge is -2.29. The zero-order valence-electron chi connectivity index (χ0n) is 12.5. The van der Waals surface area contributed by atoms with Gasteiger partial charge in [0.1, 0.15) is 0 Å². The number of nitrogens with one attached hydrogen (secondary N) is 2. The van der Waals surface area contributed by atoms with Crippen LogP contribution in [0.2, 0.25) is 0 Å². The normalized spacial score (nSPS) is 10.2. The zero-order valence-corrected chi connectivity index (χ0v) is 12.5. The third-order valence-corrected chi connectivity index (χ3v) is 3.21. The maximum absolute atomic E-state index is 3.40. The first-order valence-corrected chi connectivity index (χ1v) is 6.69. The predicted molar refractivity (Wildman–Crippen MR) is 87.1 cm³/mol. The number of benzene rings is 2. The minimum atomic E-state index is 1.07. The van der Waals surface area contributed by atoms with Crippen molar-refractivity contribution in [2.45, 2.75) is 6.92 Å². The third kappa shape index (κ3) is 3.03. The van der Waals surface area contributed by atoms with Gasteiger partial charge in [-0.05, 0) is 30.7 Å². The maximum atomic E-state index is 3.40. The molecule has 0 aromatic heterocycles. The van der Waals surface area contributed by atoms with E-state index in [0.717, 1.165) is 17.1 Å². The fourth-order valence-electron chi connectivity index (χ4n) is 2.09. The summed E-state index contributed by atoms with van der Waals surface area (Å²) in [4.78, 5) is 2.10. The van der Waals surface area contributed by atoms with Crippen LogP contribution in [0.25, 0.3) is 0 Å². The fraction of sp³-hybridized carbons (Fsp3) is 0.250. The lowest BCUT2D eigenvalue weighted by atomic mass is 10.2. The molecule has 2 N–H and O–H groups in total. The minimum absolute atomic E-state index is 1.07. The average molecular weight is 270 g/mol. The van der Waals surface area contributed by atoms with Crippen LogP contribution in [0.1, 0.15) is 5.56 Å². The number of hydrogen-bond donors (Lipinski definition) is 2. The Hall–Kier alpha value is -2.20. The van der Waals surface area contributed by atoms with Crippen LogP contribution in [0.15, 0.2) is 48.5 Å². The predicted octanol–water partition coefficient (Wildman–Crippen LogP) is 3.03. The summed E-state index contributed by atoms with van der Waals surface area (Å²) in [5, 5.41) is 1.93. The van der Waals surface area contributed by atoms with E-state index in [1.807, 2.05) is 50.5 Å². The Morgan fingerprint density at radius 2 is 1.45 bits per heavy atom. The van der Waals surface area contributed by atoms with Crippen LogP contribution in [0.5, 0.6) is 0 Å². The quantitative estimate of drug-likeness (QED) is 0.818. The summed E-state index contributed by atoms with van der Waals surface area (Å²) < 4.78 is 0. The number of aryl methyl sites for hydroxylation is 1. The molecule has 0 fully saturated rings. The van der Waals surface area contributed by atoms with E-state index in [0.29, 0.717) is 0 Å². The minimum Gasteiger partial charge on any atom is -0.376 e. The highest BCUT2D eigenvalue weighted by Gasteiger charge is 2.11. The van der Waals surface area contributed by atoms with Crippen LogP contribution in [-0.4, -0.2) is 21.1 Å². The summed E-state index contributed by atoms with van der Waals surface area (Å²) in [5.74, 6) is 0. The van der Waals surface area contributed by atoms with Gasteiger partial charge < -0.3 is 4.90 Å². The number of para-hydroxylation sites is 3. The molecule has 0 bridgehead atoms. The van der Waals surface area contributed by atoms with Gasteiger partial charge in [-0.1, -0.05) is 30.3 Å². The Kier molecular flexibility index (Phi) is 4.48. The Bertz CT molecular complexity index is 566. The molecule has 0 spiro atoms. The lowest BCUT2D eigenvalue weighted by molar-refractivity contribution is 0.778. The van der Waals surface area contributed by atoms with E-state index < -0.39 is 0 Å². The summed E-state index contributed by atoms with van der Waals surface area (Å²) in [6, 6.07) is 16.5. The van der Waals surface area contributed by atoms with E-state index in [1.54, 1.807) is 0 Å². The number of nitrogens with zero attached hydrogens (tertiary/aromatic N) is 2. The van der Waals surface area contributed by atoms with E-state index in [4.69, 9.17) is 0 Å². The summed E-state index contributed by atoms with van der Waals surface area (Å²) in [6.07, 6.45) is 0. The van der Waals surface area contributed by atoms with Crippen molar-refractivity contribution in [3.05, 3.63) is 54.1 Å². The third-order valence-electron chi connectivity index (χ3n) is 3.21. The molecule has 106 valence electrons. The Labute approximate surface area is 121 Å². The van der Waals surface area contributed by atoms with Gasteiger partial charge in [-0.2, -0.15) is 0 Å². The second-order valence-corrected chi connectivity index (χ2v) is 4.87. The molecule has 2 aromatic carbocycles. The van der Waals surface area contributed by atoms with Crippen molar-refractivity contribution in [1.82, 2.24) is 5.43 Å². The van der Waals surface area contributed by atoms with Crippen molar-refractivity contribution >= 4 is 17.1 Å². The molecule has 0 unspecified atom stereocenters. The van der Waals surface area contributed by atoms with E-state index >= 15 is 0 Å². The van der Waals surface area contributed by atoms with Gasteiger partial charge in [-0.25, -0.2) is 10.5 Å². The van der Waals surface area contributed by atoms with Gasteiger partial charge in [0, 0.05) is 21.1 Å². The Balaban J connectivity index is 2.32. The zero-order chi connectivity index (χ0) is 14.5. The molecule has 2 aromatic rings. The molecular formula is C16H22N4. The topological polar surface area (TPSA) is 30.5 Å². The molecule has 4 nitrogen and oxygen atoms in total. The maximum Gasteiger partial charge on any atom is 0.0989 e. The first-order chi connectivity index (χ1) is 9.63. The second kappa shape index (κ2) is 6.30. The van der Waals surface area contributed by atoms with E-state index in [9.17, 15) is 0 Å². The van der Waals surface area contributed by atoms with E-state index in [1.165, 1.54) is 5.56 Å². The smallest absolute Gasteiger partial charge is 0.0989 e. The molecule has 0 heterocycles. The van der Waals surface area contributed by atoms with Gasteiger partial charge in [0.2, 0.25) is 0 Å². The molecule has 4 heteroatoms. The van der Waals surface area contributed by atoms with Crippen molar-refractivity contribution < 1.29 is 0 Å². The molecule has 20 heavy (non-hydrogen) atoms. The Morgan fingerprint density at radius 1 is 0.850 bits per heavy atom. The molecule has 0 amide bonds. The largest absolute Gasteiger partial charge is 0.376 e. The Morgan fingerprint density at radius 3 is 2.05 bits per heavy atom. The summed E-state index contributed by atoms with van der Waals surface area (Å²) in [5.41, 5.74) is 11.1. The summed E-state index contributed by atoms with van der Waals surface area (Å²) in [7, 11) is 5.98. The first kappa shape index (κ1) is 14.2. The average Bonchev–Trinajstić information content (AvgIpc) is 2.46. The van der Waals surface area contributed by atoms with Crippen LogP contribution in [0, 0.1) is 6.92 Å². The number of hydrazine groups is 2. The monoisotopic (exact) mass is 270 g/mol. The fourth-order valence-corrected chi connectivity index (χ4v) is 2.09. The van der Waals surface area contributed by atoms with Crippen LogP contribution in [0.4, 0.5) is 17.1 Å². The molecule has 0 aliphatic heterocycles. The molecule has 2 rings (SSSR count). The van der Waals surface area contributed by atoms with Gasteiger partial charge in [0.05, 0.1) is 17.1 Å².